The lowest BCUT2D eigenvalue weighted by atomic mass is 10.4. The van der Waals surface area contributed by atoms with Gasteiger partial charge in [0.05, 0.1) is 6.61 Å². The van der Waals surface area contributed by atoms with Crippen molar-refractivity contribution in [1.82, 2.24) is 4.90 Å². The van der Waals surface area contributed by atoms with Crippen LogP contribution in [-0.2, 0) is 9.53 Å². The van der Waals surface area contributed by atoms with E-state index in [0.717, 1.165) is 17.7 Å². The van der Waals surface area contributed by atoms with E-state index >= 15 is 0 Å². The first-order chi connectivity index (χ1) is 5.22. The van der Waals surface area contributed by atoms with Gasteiger partial charge in [-0.1, -0.05) is 13.3 Å². The van der Waals surface area contributed by atoms with Crippen LogP contribution < -0.4 is 0 Å². The molecule has 0 fully saturated rings. The molecular weight excluding hydrogens is 146 g/mol. The number of amides is 2. The Morgan fingerprint density at radius 2 is 2.27 bits per heavy atom. The van der Waals surface area contributed by atoms with E-state index < -0.39 is 6.09 Å². The van der Waals surface area contributed by atoms with Crippen molar-refractivity contribution in [2.45, 2.75) is 19.8 Å². The van der Waals surface area contributed by atoms with Gasteiger partial charge in [-0.3, -0.25) is 4.79 Å². The second-order valence-corrected chi connectivity index (χ2v) is 2.12. The molecule has 0 atom stereocenters. The zero-order valence-corrected chi connectivity index (χ0v) is 6.79. The number of hydrogen-bond acceptors (Lipinski definition) is 3. The van der Waals surface area contributed by atoms with Crippen molar-refractivity contribution in [3.8, 4) is 0 Å². The fourth-order valence-electron chi connectivity index (χ4n) is 0.438. The van der Waals surface area contributed by atoms with Crippen LogP contribution in [0.5, 0.6) is 0 Å². The number of carbonyl (C=O) groups excluding carboxylic acids is 2. The minimum absolute atomic E-state index is 0.362. The third kappa shape index (κ3) is 4.36. The normalized spacial score (nSPS) is 8.91. The van der Waals surface area contributed by atoms with Crippen molar-refractivity contribution >= 4 is 12.5 Å². The van der Waals surface area contributed by atoms with E-state index in [1.807, 2.05) is 6.92 Å². The summed E-state index contributed by atoms with van der Waals surface area (Å²) >= 11 is 0. The summed E-state index contributed by atoms with van der Waals surface area (Å²) in [6.45, 7) is 2.35. The van der Waals surface area contributed by atoms with Crippen LogP contribution in [-0.4, -0.2) is 31.1 Å². The van der Waals surface area contributed by atoms with Crippen LogP contribution in [0.4, 0.5) is 4.79 Å². The first-order valence-electron chi connectivity index (χ1n) is 3.50. The first-order valence-corrected chi connectivity index (χ1v) is 3.50. The molecule has 0 spiro atoms. The molecule has 0 aliphatic heterocycles. The van der Waals surface area contributed by atoms with Crippen LogP contribution in [0, 0.1) is 0 Å². The molecule has 0 aromatic carbocycles. The molecule has 0 aromatic rings. The van der Waals surface area contributed by atoms with Gasteiger partial charge in [0.2, 0.25) is 0 Å². The molecule has 0 saturated heterocycles. The van der Waals surface area contributed by atoms with Gasteiger partial charge in [-0.25, -0.2) is 9.69 Å². The molecule has 0 bridgehead atoms. The van der Waals surface area contributed by atoms with Crippen LogP contribution in [0.15, 0.2) is 0 Å². The van der Waals surface area contributed by atoms with Gasteiger partial charge in [-0.15, -0.1) is 0 Å². The Kier molecular flexibility index (Phi) is 5.15. The molecule has 0 heterocycles. The van der Waals surface area contributed by atoms with E-state index in [1.165, 1.54) is 13.5 Å². The van der Waals surface area contributed by atoms with Crippen LogP contribution in [0.25, 0.3) is 0 Å². The number of unbranched alkanes of at least 4 members (excludes halogenated alkanes) is 1. The van der Waals surface area contributed by atoms with Crippen molar-refractivity contribution in [2.24, 2.45) is 0 Å². The van der Waals surface area contributed by atoms with Gasteiger partial charge >= 0.3 is 12.5 Å². The van der Waals surface area contributed by atoms with Gasteiger partial charge in [-0.2, -0.15) is 0 Å². The molecule has 0 unspecified atom stereocenters. The van der Waals surface area contributed by atoms with Crippen molar-refractivity contribution < 1.29 is 14.3 Å². The predicted molar refractivity (Wildman–Crippen MR) is 39.7 cm³/mol. The second kappa shape index (κ2) is 5.70. The van der Waals surface area contributed by atoms with Gasteiger partial charge in [0.15, 0.2) is 0 Å². The fourth-order valence-corrected chi connectivity index (χ4v) is 0.438. The number of carbonyl (C=O) groups is 1. The predicted octanol–water partition coefficient (Wildman–Crippen LogP) is 0.922. The average molecular weight is 158 g/mol. The SMILES string of the molecule is CCCCOC(=O)N(C)[C]=O. The van der Waals surface area contributed by atoms with E-state index in [4.69, 9.17) is 0 Å². The fraction of sp³-hybridized carbons (Fsp3) is 0.714. The highest BCUT2D eigenvalue weighted by Crippen LogP contribution is 1.91. The molecule has 0 aliphatic rings. The maximum atomic E-state index is 10.7. The maximum Gasteiger partial charge on any atom is 0.416 e. The number of ether oxygens (including phenoxy) is 1. The van der Waals surface area contributed by atoms with Crippen LogP contribution in [0.1, 0.15) is 19.8 Å². The summed E-state index contributed by atoms with van der Waals surface area (Å²) in [6.07, 6.45) is 2.53. The first kappa shape index (κ1) is 9.94. The van der Waals surface area contributed by atoms with Crippen LogP contribution in [0.2, 0.25) is 0 Å². The lowest BCUT2D eigenvalue weighted by Crippen LogP contribution is -2.25. The largest absolute Gasteiger partial charge is 0.449 e. The molecule has 63 valence electrons. The van der Waals surface area contributed by atoms with E-state index in [0.29, 0.717) is 6.61 Å². The molecule has 1 radical (unpaired) electrons. The van der Waals surface area contributed by atoms with E-state index in [-0.39, 0.29) is 0 Å². The van der Waals surface area contributed by atoms with Gasteiger partial charge in [0.1, 0.15) is 0 Å². The Labute approximate surface area is 66.1 Å². The number of hydrogen-bond donors (Lipinski definition) is 0. The minimum Gasteiger partial charge on any atom is -0.449 e. The second-order valence-electron chi connectivity index (χ2n) is 2.12. The third-order valence-corrected chi connectivity index (χ3v) is 1.13. The molecule has 0 aliphatic carbocycles. The van der Waals surface area contributed by atoms with E-state index in [9.17, 15) is 9.59 Å². The highest BCUT2D eigenvalue weighted by atomic mass is 16.6. The van der Waals surface area contributed by atoms with Crippen molar-refractivity contribution in [3.05, 3.63) is 0 Å². The molecular formula is C7H12NO3. The summed E-state index contributed by atoms with van der Waals surface area (Å²) in [5.74, 6) is 0. The number of nitrogens with zero attached hydrogens (tertiary/aromatic N) is 1. The van der Waals surface area contributed by atoms with Crippen LogP contribution in [0.3, 0.4) is 0 Å². The highest BCUT2D eigenvalue weighted by molar-refractivity contribution is 5.79. The van der Waals surface area contributed by atoms with E-state index in [2.05, 4.69) is 4.74 Å². The van der Waals surface area contributed by atoms with Crippen LogP contribution >= 0.6 is 0 Å². The molecule has 0 saturated carbocycles. The Hall–Kier alpha value is -1.06. The van der Waals surface area contributed by atoms with Gasteiger partial charge in [0, 0.05) is 7.05 Å². The van der Waals surface area contributed by atoms with E-state index in [1.54, 1.807) is 0 Å². The lowest BCUT2D eigenvalue weighted by molar-refractivity contribution is 0.126. The number of rotatable bonds is 4. The van der Waals surface area contributed by atoms with Crippen molar-refractivity contribution in [1.29, 1.82) is 0 Å². The number of imide groups is 1. The van der Waals surface area contributed by atoms with Crippen molar-refractivity contribution in [3.63, 3.8) is 0 Å². The standard InChI is InChI=1S/C7H12NO3/c1-3-4-5-11-7(10)8(2)6-9/h3-5H2,1-2H3. The Morgan fingerprint density at radius 1 is 1.64 bits per heavy atom. The summed E-state index contributed by atoms with van der Waals surface area (Å²) in [4.78, 5) is 21.3. The lowest BCUT2D eigenvalue weighted by Gasteiger charge is -2.07. The summed E-state index contributed by atoms with van der Waals surface area (Å²) in [7, 11) is 1.31. The highest BCUT2D eigenvalue weighted by Gasteiger charge is 2.07. The van der Waals surface area contributed by atoms with Gasteiger partial charge in [0.25, 0.3) is 0 Å². The smallest absolute Gasteiger partial charge is 0.416 e. The molecule has 4 heteroatoms. The molecule has 0 rings (SSSR count). The van der Waals surface area contributed by atoms with Gasteiger partial charge < -0.3 is 4.74 Å². The molecule has 2 amide bonds. The zero-order valence-electron chi connectivity index (χ0n) is 6.79. The topological polar surface area (TPSA) is 46.6 Å². The minimum atomic E-state index is -0.645. The Morgan fingerprint density at radius 3 is 2.73 bits per heavy atom. The Bertz CT molecular complexity index is 136. The third-order valence-electron chi connectivity index (χ3n) is 1.13. The quantitative estimate of drug-likeness (QED) is 0.451. The molecule has 0 aromatic heterocycles. The van der Waals surface area contributed by atoms with Gasteiger partial charge in [-0.05, 0) is 6.42 Å². The summed E-state index contributed by atoms with van der Waals surface area (Å²) in [6, 6.07) is 0. The van der Waals surface area contributed by atoms with Crippen molar-refractivity contribution in [2.75, 3.05) is 13.7 Å². The molecule has 0 N–H and O–H groups in total. The summed E-state index contributed by atoms with van der Waals surface area (Å²) < 4.78 is 4.66. The Balaban J connectivity index is 3.44. The average Bonchev–Trinajstić information content (AvgIpc) is 2.03. The maximum absolute atomic E-state index is 10.7. The zero-order chi connectivity index (χ0) is 8.69. The molecule has 11 heavy (non-hydrogen) atoms. The molecule has 4 nitrogen and oxygen atoms in total. The summed E-state index contributed by atoms with van der Waals surface area (Å²) in [5, 5.41) is 0. The monoisotopic (exact) mass is 158 g/mol. The summed E-state index contributed by atoms with van der Waals surface area (Å²) in [5.41, 5.74) is 0.